The van der Waals surface area contributed by atoms with Gasteiger partial charge in [-0.2, -0.15) is 0 Å². The molecule has 0 radical (unpaired) electrons. The molecule has 2 heterocycles. The van der Waals surface area contributed by atoms with Crippen LogP contribution in [0.2, 0.25) is 0 Å². The number of aromatic nitrogens is 2. The molecule has 2 aromatic rings. The highest BCUT2D eigenvalue weighted by Crippen LogP contribution is 2.20. The van der Waals surface area contributed by atoms with Gasteiger partial charge < -0.3 is 10.3 Å². The summed E-state index contributed by atoms with van der Waals surface area (Å²) >= 11 is 0. The Hall–Kier alpha value is -1.35. The van der Waals surface area contributed by atoms with E-state index < -0.39 is 0 Å². The molecular weight excluding hydrogens is 234 g/mol. The van der Waals surface area contributed by atoms with Gasteiger partial charge in [-0.05, 0) is 43.5 Å². The Morgan fingerprint density at radius 3 is 2.95 bits per heavy atom. The zero-order valence-electron chi connectivity index (χ0n) is 11.9. The van der Waals surface area contributed by atoms with E-state index in [1.165, 1.54) is 36.9 Å². The molecule has 1 aliphatic heterocycles. The van der Waals surface area contributed by atoms with Crippen molar-refractivity contribution in [3.8, 4) is 0 Å². The maximum absolute atomic E-state index is 4.63. The van der Waals surface area contributed by atoms with Gasteiger partial charge in [0.1, 0.15) is 5.82 Å². The Morgan fingerprint density at radius 2 is 2.21 bits per heavy atom. The standard InChI is InChI=1S/C16H23N3/c1-11(2)16-18-14-7-6-12(10-15(14)19-16)9-13-5-3-4-8-17-13/h6-7,10-11,13,17H,3-5,8-9H2,1-2H3,(H,18,19). The SMILES string of the molecule is CC(C)c1nc2ccc(CC3CCCCN3)cc2[nH]1. The summed E-state index contributed by atoms with van der Waals surface area (Å²) in [6.45, 7) is 5.52. The lowest BCUT2D eigenvalue weighted by atomic mass is 9.98. The largest absolute Gasteiger partial charge is 0.342 e. The summed E-state index contributed by atoms with van der Waals surface area (Å²) in [6.07, 6.45) is 5.12. The minimum Gasteiger partial charge on any atom is -0.342 e. The van der Waals surface area contributed by atoms with Crippen molar-refractivity contribution in [2.45, 2.75) is 51.5 Å². The number of H-pyrrole nitrogens is 1. The van der Waals surface area contributed by atoms with Gasteiger partial charge in [0.2, 0.25) is 0 Å². The van der Waals surface area contributed by atoms with Crippen molar-refractivity contribution in [1.82, 2.24) is 15.3 Å². The summed E-state index contributed by atoms with van der Waals surface area (Å²) in [5.74, 6) is 1.54. The van der Waals surface area contributed by atoms with Gasteiger partial charge in [-0.3, -0.25) is 0 Å². The number of benzene rings is 1. The molecule has 3 heteroatoms. The van der Waals surface area contributed by atoms with Crippen LogP contribution in [0.4, 0.5) is 0 Å². The van der Waals surface area contributed by atoms with Crippen LogP contribution in [0.3, 0.4) is 0 Å². The summed E-state index contributed by atoms with van der Waals surface area (Å²) < 4.78 is 0. The quantitative estimate of drug-likeness (QED) is 0.885. The van der Waals surface area contributed by atoms with E-state index >= 15 is 0 Å². The monoisotopic (exact) mass is 257 g/mol. The van der Waals surface area contributed by atoms with E-state index in [0.29, 0.717) is 12.0 Å². The second-order valence-electron chi connectivity index (χ2n) is 5.98. The fourth-order valence-electron chi connectivity index (χ4n) is 2.86. The molecule has 3 nitrogen and oxygen atoms in total. The van der Waals surface area contributed by atoms with Crippen LogP contribution >= 0.6 is 0 Å². The molecule has 1 saturated heterocycles. The predicted molar refractivity (Wildman–Crippen MR) is 79.5 cm³/mol. The third kappa shape index (κ3) is 2.81. The second kappa shape index (κ2) is 5.33. The predicted octanol–water partition coefficient (Wildman–Crippen LogP) is 3.37. The normalized spacial score (nSPS) is 20.3. The molecule has 2 N–H and O–H groups in total. The first-order valence-electron chi connectivity index (χ1n) is 7.44. The van der Waals surface area contributed by atoms with Crippen LogP contribution in [-0.2, 0) is 6.42 Å². The van der Waals surface area contributed by atoms with E-state index in [1.54, 1.807) is 0 Å². The molecule has 1 aliphatic rings. The van der Waals surface area contributed by atoms with Crippen LogP contribution in [0, 0.1) is 0 Å². The van der Waals surface area contributed by atoms with Gasteiger partial charge in [-0.25, -0.2) is 4.98 Å². The first-order valence-corrected chi connectivity index (χ1v) is 7.44. The number of aromatic amines is 1. The number of imidazole rings is 1. The van der Waals surface area contributed by atoms with Gasteiger partial charge in [-0.15, -0.1) is 0 Å². The molecule has 0 aliphatic carbocycles. The number of nitrogens with zero attached hydrogens (tertiary/aromatic N) is 1. The molecule has 1 fully saturated rings. The average molecular weight is 257 g/mol. The summed E-state index contributed by atoms with van der Waals surface area (Å²) in [7, 11) is 0. The van der Waals surface area contributed by atoms with E-state index in [9.17, 15) is 0 Å². The van der Waals surface area contributed by atoms with Crippen molar-refractivity contribution < 1.29 is 0 Å². The van der Waals surface area contributed by atoms with Crippen molar-refractivity contribution in [1.29, 1.82) is 0 Å². The minimum absolute atomic E-state index is 0.455. The Kier molecular flexibility index (Phi) is 3.56. The van der Waals surface area contributed by atoms with E-state index in [-0.39, 0.29) is 0 Å². The molecule has 1 atom stereocenters. The molecule has 1 aromatic carbocycles. The van der Waals surface area contributed by atoms with Crippen LogP contribution in [-0.4, -0.2) is 22.6 Å². The molecule has 102 valence electrons. The Bertz CT molecular complexity index is 550. The topological polar surface area (TPSA) is 40.7 Å². The van der Waals surface area contributed by atoms with Gasteiger partial charge >= 0.3 is 0 Å². The molecule has 19 heavy (non-hydrogen) atoms. The van der Waals surface area contributed by atoms with Gasteiger partial charge in [0.15, 0.2) is 0 Å². The molecule has 3 rings (SSSR count). The van der Waals surface area contributed by atoms with Crippen molar-refractivity contribution in [2.24, 2.45) is 0 Å². The summed E-state index contributed by atoms with van der Waals surface area (Å²) in [5, 5.41) is 3.61. The fraction of sp³-hybridized carbons (Fsp3) is 0.562. The van der Waals surface area contributed by atoms with Crippen LogP contribution in [0.15, 0.2) is 18.2 Å². The maximum atomic E-state index is 4.63. The Balaban J connectivity index is 1.80. The van der Waals surface area contributed by atoms with E-state index in [0.717, 1.165) is 17.8 Å². The number of hydrogen-bond acceptors (Lipinski definition) is 2. The lowest BCUT2D eigenvalue weighted by Gasteiger charge is -2.23. The van der Waals surface area contributed by atoms with Crippen molar-refractivity contribution in [2.75, 3.05) is 6.54 Å². The average Bonchev–Trinajstić information content (AvgIpc) is 2.83. The zero-order chi connectivity index (χ0) is 13.2. The molecule has 0 saturated carbocycles. The molecule has 1 aromatic heterocycles. The third-order valence-corrected chi connectivity index (χ3v) is 4.01. The maximum Gasteiger partial charge on any atom is 0.109 e. The summed E-state index contributed by atoms with van der Waals surface area (Å²) in [4.78, 5) is 8.07. The van der Waals surface area contributed by atoms with E-state index in [4.69, 9.17) is 0 Å². The third-order valence-electron chi connectivity index (χ3n) is 4.01. The molecule has 0 amide bonds. The van der Waals surface area contributed by atoms with Gasteiger partial charge in [-0.1, -0.05) is 26.3 Å². The minimum atomic E-state index is 0.455. The highest BCUT2D eigenvalue weighted by molar-refractivity contribution is 5.76. The van der Waals surface area contributed by atoms with Crippen LogP contribution in [0.1, 0.15) is 50.4 Å². The Labute approximate surface area is 114 Å². The van der Waals surface area contributed by atoms with Crippen LogP contribution in [0.5, 0.6) is 0 Å². The number of rotatable bonds is 3. The van der Waals surface area contributed by atoms with E-state index in [2.05, 4.69) is 47.3 Å². The Morgan fingerprint density at radius 1 is 1.32 bits per heavy atom. The number of fused-ring (bicyclic) bond motifs is 1. The molecular formula is C16H23N3. The highest BCUT2D eigenvalue weighted by Gasteiger charge is 2.14. The number of nitrogens with one attached hydrogen (secondary N) is 2. The second-order valence-corrected chi connectivity index (χ2v) is 5.98. The first-order chi connectivity index (χ1) is 9.22. The van der Waals surface area contributed by atoms with Crippen molar-refractivity contribution >= 4 is 11.0 Å². The summed E-state index contributed by atoms with van der Waals surface area (Å²) in [5.41, 5.74) is 3.67. The van der Waals surface area contributed by atoms with Crippen LogP contribution < -0.4 is 5.32 Å². The number of hydrogen-bond donors (Lipinski definition) is 2. The summed E-state index contributed by atoms with van der Waals surface area (Å²) in [6, 6.07) is 7.29. The molecule has 1 unspecified atom stereocenters. The highest BCUT2D eigenvalue weighted by atomic mass is 14.9. The van der Waals surface area contributed by atoms with Gasteiger partial charge in [0, 0.05) is 12.0 Å². The zero-order valence-corrected chi connectivity index (χ0v) is 11.9. The lowest BCUT2D eigenvalue weighted by molar-refractivity contribution is 0.399. The van der Waals surface area contributed by atoms with Crippen LogP contribution in [0.25, 0.3) is 11.0 Å². The number of piperidine rings is 1. The van der Waals surface area contributed by atoms with Crippen molar-refractivity contribution in [3.63, 3.8) is 0 Å². The smallest absolute Gasteiger partial charge is 0.109 e. The fourth-order valence-corrected chi connectivity index (χ4v) is 2.86. The molecule has 0 bridgehead atoms. The van der Waals surface area contributed by atoms with E-state index in [1.807, 2.05) is 0 Å². The van der Waals surface area contributed by atoms with Gasteiger partial charge in [0.25, 0.3) is 0 Å². The lowest BCUT2D eigenvalue weighted by Crippen LogP contribution is -2.35. The van der Waals surface area contributed by atoms with Gasteiger partial charge in [0.05, 0.1) is 11.0 Å². The first kappa shape index (κ1) is 12.7. The molecule has 0 spiro atoms. The van der Waals surface area contributed by atoms with Crippen molar-refractivity contribution in [3.05, 3.63) is 29.6 Å².